The quantitative estimate of drug-likeness (QED) is 0.654. The number of ketones is 1. The maximum atomic E-state index is 12.2. The summed E-state index contributed by atoms with van der Waals surface area (Å²) in [5.41, 5.74) is 1.08. The number of carbonyl (C=O) groups is 1. The lowest BCUT2D eigenvalue weighted by Crippen LogP contribution is -1.97. The molecule has 0 unspecified atom stereocenters. The van der Waals surface area contributed by atoms with Crippen molar-refractivity contribution >= 4 is 11.9 Å². The summed E-state index contributed by atoms with van der Waals surface area (Å²) in [7, 11) is 4.58. The van der Waals surface area contributed by atoms with Gasteiger partial charge < -0.3 is 19.3 Å². The van der Waals surface area contributed by atoms with E-state index in [0.29, 0.717) is 28.4 Å². The highest BCUT2D eigenvalue weighted by Crippen LogP contribution is 2.40. The van der Waals surface area contributed by atoms with Gasteiger partial charge in [-0.3, -0.25) is 4.79 Å². The molecule has 2 rings (SSSR count). The van der Waals surface area contributed by atoms with Crippen molar-refractivity contribution in [1.29, 1.82) is 0 Å². The minimum atomic E-state index is -0.224. The zero-order valence-corrected chi connectivity index (χ0v) is 13.2. The molecular weight excluding hydrogens is 296 g/mol. The van der Waals surface area contributed by atoms with Crippen LogP contribution in [0.3, 0.4) is 0 Å². The van der Waals surface area contributed by atoms with Gasteiger partial charge in [-0.25, -0.2) is 0 Å². The number of carbonyl (C=O) groups excluding carboxylic acids is 1. The molecule has 1 N–H and O–H groups in total. The summed E-state index contributed by atoms with van der Waals surface area (Å²) in [4.78, 5) is 12.2. The third-order valence-corrected chi connectivity index (χ3v) is 3.28. The van der Waals surface area contributed by atoms with Crippen molar-refractivity contribution in [2.45, 2.75) is 0 Å². The summed E-state index contributed by atoms with van der Waals surface area (Å²) in [5, 5.41) is 9.43. The molecule has 0 aliphatic heterocycles. The maximum Gasteiger partial charge on any atom is 0.203 e. The summed E-state index contributed by atoms with van der Waals surface area (Å²) in [6.45, 7) is 0. The summed E-state index contributed by atoms with van der Waals surface area (Å²) in [6.07, 6.45) is 3.05. The Morgan fingerprint density at radius 2 is 1.74 bits per heavy atom. The van der Waals surface area contributed by atoms with Gasteiger partial charge in [0.15, 0.2) is 17.3 Å². The maximum absolute atomic E-state index is 12.2. The number of hydrogen-bond donors (Lipinski definition) is 1. The molecule has 0 aliphatic carbocycles. The molecule has 2 aromatic carbocycles. The van der Waals surface area contributed by atoms with Crippen LogP contribution in [0.2, 0.25) is 0 Å². The van der Waals surface area contributed by atoms with Gasteiger partial charge in [0.25, 0.3) is 0 Å². The lowest BCUT2D eigenvalue weighted by molar-refractivity contribution is 0.104. The monoisotopic (exact) mass is 314 g/mol. The Balaban J connectivity index is 2.34. The van der Waals surface area contributed by atoms with Crippen molar-refractivity contribution in [2.75, 3.05) is 21.3 Å². The fourth-order valence-corrected chi connectivity index (χ4v) is 2.18. The number of methoxy groups -OCH3 is 3. The molecule has 0 bridgehead atoms. The second-order valence-corrected chi connectivity index (χ2v) is 4.67. The van der Waals surface area contributed by atoms with E-state index < -0.39 is 0 Å². The number of hydrogen-bond acceptors (Lipinski definition) is 5. The fraction of sp³-hybridized carbons (Fsp3) is 0.167. The first-order chi connectivity index (χ1) is 11.1. The van der Waals surface area contributed by atoms with Crippen molar-refractivity contribution in [3.63, 3.8) is 0 Å². The van der Waals surface area contributed by atoms with Gasteiger partial charge >= 0.3 is 0 Å². The van der Waals surface area contributed by atoms with Gasteiger partial charge in [-0.1, -0.05) is 12.1 Å². The van der Waals surface area contributed by atoms with Gasteiger partial charge in [0.05, 0.1) is 21.3 Å². The average Bonchev–Trinajstić information content (AvgIpc) is 2.58. The average molecular weight is 314 g/mol. The van der Waals surface area contributed by atoms with Crippen LogP contribution in [0.4, 0.5) is 0 Å². The highest BCUT2D eigenvalue weighted by molar-refractivity contribution is 6.07. The largest absolute Gasteiger partial charge is 0.508 e. The Hall–Kier alpha value is -2.95. The lowest BCUT2D eigenvalue weighted by Gasteiger charge is -2.13. The number of allylic oxidation sites excluding steroid dienone is 1. The van der Waals surface area contributed by atoms with Crippen molar-refractivity contribution in [2.24, 2.45) is 0 Å². The normalized spacial score (nSPS) is 10.6. The number of ether oxygens (including phenoxy) is 3. The van der Waals surface area contributed by atoms with Crippen molar-refractivity contribution < 1.29 is 24.1 Å². The molecule has 0 saturated carbocycles. The fourth-order valence-electron chi connectivity index (χ4n) is 2.18. The Labute approximate surface area is 134 Å². The van der Waals surface area contributed by atoms with Crippen molar-refractivity contribution in [1.82, 2.24) is 0 Å². The predicted octanol–water partition coefficient (Wildman–Crippen LogP) is 3.31. The molecule has 0 aliphatic rings. The highest BCUT2D eigenvalue weighted by Gasteiger charge is 2.14. The Kier molecular flexibility index (Phi) is 5.25. The predicted molar refractivity (Wildman–Crippen MR) is 87.6 cm³/mol. The van der Waals surface area contributed by atoms with Gasteiger partial charge in [-0.15, -0.1) is 0 Å². The topological polar surface area (TPSA) is 65.0 Å². The summed E-state index contributed by atoms with van der Waals surface area (Å²) < 4.78 is 15.9. The molecule has 120 valence electrons. The number of rotatable bonds is 6. The number of aromatic hydroxyl groups is 1. The van der Waals surface area contributed by atoms with Crippen LogP contribution in [0.25, 0.3) is 6.08 Å². The minimum absolute atomic E-state index is 0.0490. The number of phenolic OH excluding ortho intramolecular Hbond substituents is 1. The van der Waals surface area contributed by atoms with Crippen LogP contribution in [0, 0.1) is 0 Å². The molecule has 0 heterocycles. The van der Waals surface area contributed by atoms with Gasteiger partial charge in [0, 0.05) is 11.1 Å². The first kappa shape index (κ1) is 16.4. The van der Waals surface area contributed by atoms with E-state index in [4.69, 9.17) is 14.2 Å². The molecule has 23 heavy (non-hydrogen) atoms. The van der Waals surface area contributed by atoms with Crippen LogP contribution >= 0.6 is 0 Å². The Bertz CT molecular complexity index is 734. The van der Waals surface area contributed by atoms with E-state index in [0.717, 1.165) is 0 Å². The molecule has 0 amide bonds. The van der Waals surface area contributed by atoms with Crippen molar-refractivity contribution in [3.8, 4) is 23.0 Å². The minimum Gasteiger partial charge on any atom is -0.508 e. The van der Waals surface area contributed by atoms with Crippen LogP contribution in [0.5, 0.6) is 23.0 Å². The standard InChI is InChI=1S/C18H18O5/c1-21-16-10-8-12(17(22-2)18(16)23-3)7-9-15(20)13-5-4-6-14(19)11-13/h4-11,19H,1-3H3/b9-7+. The van der Waals surface area contributed by atoms with Crippen LogP contribution in [0.15, 0.2) is 42.5 Å². The van der Waals surface area contributed by atoms with E-state index in [2.05, 4.69) is 0 Å². The lowest BCUT2D eigenvalue weighted by atomic mass is 10.1. The third kappa shape index (κ3) is 3.63. The van der Waals surface area contributed by atoms with E-state index in [1.54, 1.807) is 30.3 Å². The number of benzene rings is 2. The Morgan fingerprint density at radius 1 is 1.00 bits per heavy atom. The summed E-state index contributed by atoms with van der Waals surface area (Å²) in [5.74, 6) is 1.31. The SMILES string of the molecule is COc1ccc(/C=C/C(=O)c2cccc(O)c2)c(OC)c1OC. The van der Waals surface area contributed by atoms with Gasteiger partial charge in [0.1, 0.15) is 5.75 Å². The first-order valence-electron chi connectivity index (χ1n) is 6.91. The van der Waals surface area contributed by atoms with E-state index >= 15 is 0 Å². The molecule has 2 aromatic rings. The molecular formula is C18H18O5. The van der Waals surface area contributed by atoms with E-state index in [9.17, 15) is 9.90 Å². The van der Waals surface area contributed by atoms with E-state index in [1.165, 1.54) is 39.5 Å². The van der Waals surface area contributed by atoms with E-state index in [1.807, 2.05) is 0 Å². The second kappa shape index (κ2) is 7.35. The first-order valence-corrected chi connectivity index (χ1v) is 6.91. The van der Waals surface area contributed by atoms with Crippen LogP contribution in [0.1, 0.15) is 15.9 Å². The molecule has 5 nitrogen and oxygen atoms in total. The molecule has 0 atom stereocenters. The molecule has 0 saturated heterocycles. The molecule has 0 aromatic heterocycles. The summed E-state index contributed by atoms with van der Waals surface area (Å²) >= 11 is 0. The molecule has 5 heteroatoms. The van der Waals surface area contributed by atoms with Crippen LogP contribution in [-0.2, 0) is 0 Å². The van der Waals surface area contributed by atoms with E-state index in [-0.39, 0.29) is 11.5 Å². The van der Waals surface area contributed by atoms with Crippen molar-refractivity contribution in [3.05, 3.63) is 53.6 Å². The van der Waals surface area contributed by atoms with Crippen LogP contribution < -0.4 is 14.2 Å². The second-order valence-electron chi connectivity index (χ2n) is 4.67. The zero-order valence-electron chi connectivity index (χ0n) is 13.2. The van der Waals surface area contributed by atoms with Gasteiger partial charge in [0.2, 0.25) is 5.75 Å². The third-order valence-electron chi connectivity index (χ3n) is 3.28. The summed E-state index contributed by atoms with van der Waals surface area (Å²) in [6, 6.07) is 9.69. The molecule has 0 radical (unpaired) electrons. The van der Waals surface area contributed by atoms with Crippen LogP contribution in [-0.4, -0.2) is 32.2 Å². The number of phenols is 1. The molecule has 0 fully saturated rings. The van der Waals surface area contributed by atoms with Gasteiger partial charge in [-0.2, -0.15) is 0 Å². The smallest absolute Gasteiger partial charge is 0.203 e. The van der Waals surface area contributed by atoms with Gasteiger partial charge in [-0.05, 0) is 36.4 Å². The highest BCUT2D eigenvalue weighted by atomic mass is 16.5. The molecule has 0 spiro atoms. The Morgan fingerprint density at radius 3 is 2.35 bits per heavy atom. The zero-order chi connectivity index (χ0) is 16.8.